The van der Waals surface area contributed by atoms with Crippen LogP contribution in [0.15, 0.2) is 22.8 Å². The van der Waals surface area contributed by atoms with Gasteiger partial charge in [-0.15, -0.1) is 0 Å². The first kappa shape index (κ1) is 9.27. The lowest BCUT2D eigenvalue weighted by molar-refractivity contribution is -0.130. The van der Waals surface area contributed by atoms with Gasteiger partial charge in [0.05, 0.1) is 18.3 Å². The quantitative estimate of drug-likeness (QED) is 0.761. The number of hydrogen-bond acceptors (Lipinski definition) is 3. The van der Waals surface area contributed by atoms with Gasteiger partial charge in [0.2, 0.25) is 5.91 Å². The number of nitrogens with zero attached hydrogens (tertiary/aromatic N) is 1. The number of hydrogen-bond donors (Lipinski definition) is 1. The third-order valence-corrected chi connectivity index (χ3v) is 2.70. The van der Waals surface area contributed by atoms with Crippen LogP contribution in [0.3, 0.4) is 0 Å². The van der Waals surface area contributed by atoms with E-state index in [1.807, 2.05) is 19.1 Å². The van der Waals surface area contributed by atoms with Crippen LogP contribution in [0.4, 0.5) is 0 Å². The minimum atomic E-state index is -0.326. The highest BCUT2D eigenvalue weighted by Crippen LogP contribution is 2.24. The summed E-state index contributed by atoms with van der Waals surface area (Å²) in [6.07, 6.45) is 2.36. The van der Waals surface area contributed by atoms with E-state index in [1.165, 1.54) is 0 Å². The molecule has 1 fully saturated rings. The summed E-state index contributed by atoms with van der Waals surface area (Å²) >= 11 is 0. The third-order valence-electron chi connectivity index (χ3n) is 2.70. The summed E-state index contributed by atoms with van der Waals surface area (Å²) in [6, 6.07) is 3.37. The maximum atomic E-state index is 11.6. The number of carbonyl (C=O) groups excluding carboxylic acids is 1. The molecule has 2 atom stereocenters. The predicted octanol–water partition coefficient (Wildman–Crippen LogP) is 0.900. The van der Waals surface area contributed by atoms with Crippen molar-refractivity contribution in [3.05, 3.63) is 24.2 Å². The number of nitrogens with two attached hydrogens (primary N) is 1. The fraction of sp³-hybridized carbons (Fsp3) is 0.500. The third kappa shape index (κ3) is 1.42. The first-order valence-corrected chi connectivity index (χ1v) is 4.79. The van der Waals surface area contributed by atoms with Gasteiger partial charge in [0.1, 0.15) is 5.76 Å². The van der Waals surface area contributed by atoms with Gasteiger partial charge in [0, 0.05) is 6.54 Å². The normalized spacial score (nSPS) is 24.3. The Morgan fingerprint density at radius 3 is 3.00 bits per heavy atom. The summed E-state index contributed by atoms with van der Waals surface area (Å²) < 4.78 is 5.26. The highest BCUT2D eigenvalue weighted by atomic mass is 16.3. The molecule has 4 nitrogen and oxygen atoms in total. The summed E-state index contributed by atoms with van der Waals surface area (Å²) in [7, 11) is 0. The number of carbonyl (C=O) groups is 1. The molecule has 1 aliphatic heterocycles. The second kappa shape index (κ2) is 3.46. The van der Waals surface area contributed by atoms with Crippen LogP contribution in [0, 0.1) is 0 Å². The lowest BCUT2D eigenvalue weighted by Gasteiger charge is -2.22. The Morgan fingerprint density at radius 1 is 1.71 bits per heavy atom. The van der Waals surface area contributed by atoms with E-state index in [0.29, 0.717) is 0 Å². The maximum Gasteiger partial charge on any atom is 0.240 e. The van der Waals surface area contributed by atoms with Crippen LogP contribution >= 0.6 is 0 Å². The Balaban J connectivity index is 2.13. The summed E-state index contributed by atoms with van der Waals surface area (Å²) in [4.78, 5) is 13.4. The highest BCUT2D eigenvalue weighted by molar-refractivity contribution is 5.84. The van der Waals surface area contributed by atoms with Crippen LogP contribution in [0.25, 0.3) is 0 Å². The molecule has 0 aliphatic carbocycles. The lowest BCUT2D eigenvalue weighted by Crippen LogP contribution is -2.35. The average Bonchev–Trinajstić information content (AvgIpc) is 2.77. The molecule has 1 aliphatic rings. The standard InChI is InChI=1S/C10H14N2O2/c1-7(9-3-2-6-14-9)12-5-4-8(11)10(12)13/h2-3,6-8H,4-5,11H2,1H3. The average molecular weight is 194 g/mol. The van der Waals surface area contributed by atoms with E-state index in [2.05, 4.69) is 0 Å². The van der Waals surface area contributed by atoms with E-state index < -0.39 is 0 Å². The minimum Gasteiger partial charge on any atom is -0.467 e. The lowest BCUT2D eigenvalue weighted by atomic mass is 10.2. The van der Waals surface area contributed by atoms with Gasteiger partial charge < -0.3 is 15.1 Å². The molecule has 2 unspecified atom stereocenters. The number of amides is 1. The van der Waals surface area contributed by atoms with Gasteiger partial charge in [0.25, 0.3) is 0 Å². The van der Waals surface area contributed by atoms with Crippen LogP contribution in [0.5, 0.6) is 0 Å². The zero-order chi connectivity index (χ0) is 10.1. The molecule has 0 radical (unpaired) electrons. The van der Waals surface area contributed by atoms with Gasteiger partial charge in [0.15, 0.2) is 0 Å². The molecule has 4 heteroatoms. The molecule has 2 rings (SSSR count). The van der Waals surface area contributed by atoms with Gasteiger partial charge in [-0.3, -0.25) is 4.79 Å². The predicted molar refractivity (Wildman–Crippen MR) is 51.4 cm³/mol. The fourth-order valence-electron chi connectivity index (χ4n) is 1.79. The van der Waals surface area contributed by atoms with E-state index in [9.17, 15) is 4.79 Å². The Bertz CT molecular complexity index is 321. The van der Waals surface area contributed by atoms with Crippen LogP contribution in [-0.4, -0.2) is 23.4 Å². The molecule has 0 bridgehead atoms. The zero-order valence-corrected chi connectivity index (χ0v) is 8.14. The zero-order valence-electron chi connectivity index (χ0n) is 8.14. The van der Waals surface area contributed by atoms with E-state index >= 15 is 0 Å². The molecule has 1 saturated heterocycles. The monoisotopic (exact) mass is 194 g/mol. The summed E-state index contributed by atoms with van der Waals surface area (Å²) in [5.41, 5.74) is 5.64. The van der Waals surface area contributed by atoms with Gasteiger partial charge in [-0.2, -0.15) is 0 Å². The highest BCUT2D eigenvalue weighted by Gasteiger charge is 2.33. The van der Waals surface area contributed by atoms with Gasteiger partial charge >= 0.3 is 0 Å². The molecule has 2 N–H and O–H groups in total. The summed E-state index contributed by atoms with van der Waals surface area (Å²) in [5.74, 6) is 0.835. The Morgan fingerprint density at radius 2 is 2.50 bits per heavy atom. The van der Waals surface area contributed by atoms with Crippen molar-refractivity contribution < 1.29 is 9.21 Å². The molecule has 0 spiro atoms. The second-order valence-corrected chi connectivity index (χ2v) is 3.62. The van der Waals surface area contributed by atoms with E-state index in [1.54, 1.807) is 11.2 Å². The topological polar surface area (TPSA) is 59.5 Å². The fourth-order valence-corrected chi connectivity index (χ4v) is 1.79. The molecule has 0 aromatic carbocycles. The minimum absolute atomic E-state index is 0.00829. The smallest absolute Gasteiger partial charge is 0.240 e. The molecule has 1 aromatic rings. The number of rotatable bonds is 2. The first-order valence-electron chi connectivity index (χ1n) is 4.79. The van der Waals surface area contributed by atoms with Crippen LogP contribution in [0.1, 0.15) is 25.1 Å². The van der Waals surface area contributed by atoms with E-state index in [0.717, 1.165) is 18.7 Å². The molecule has 2 heterocycles. The maximum absolute atomic E-state index is 11.6. The van der Waals surface area contributed by atoms with Crippen molar-refractivity contribution in [1.29, 1.82) is 0 Å². The molecule has 1 aromatic heterocycles. The molecule has 76 valence electrons. The van der Waals surface area contributed by atoms with Crippen LogP contribution < -0.4 is 5.73 Å². The number of likely N-dealkylation sites (tertiary alicyclic amines) is 1. The van der Waals surface area contributed by atoms with Crippen LogP contribution in [0.2, 0.25) is 0 Å². The van der Waals surface area contributed by atoms with E-state index in [4.69, 9.17) is 10.2 Å². The van der Waals surface area contributed by atoms with Crippen molar-refractivity contribution in [2.45, 2.75) is 25.4 Å². The number of furan rings is 1. The van der Waals surface area contributed by atoms with Gasteiger partial charge in [-0.25, -0.2) is 0 Å². The largest absolute Gasteiger partial charge is 0.467 e. The molecule has 0 saturated carbocycles. The second-order valence-electron chi connectivity index (χ2n) is 3.62. The SMILES string of the molecule is CC(c1ccco1)N1CCC(N)C1=O. The van der Waals surface area contributed by atoms with Crippen molar-refractivity contribution >= 4 is 5.91 Å². The molecular weight excluding hydrogens is 180 g/mol. The van der Waals surface area contributed by atoms with Crippen molar-refractivity contribution in [2.24, 2.45) is 5.73 Å². The van der Waals surface area contributed by atoms with Gasteiger partial charge in [-0.1, -0.05) is 0 Å². The molecule has 14 heavy (non-hydrogen) atoms. The Hall–Kier alpha value is -1.29. The van der Waals surface area contributed by atoms with Crippen molar-refractivity contribution in [2.75, 3.05) is 6.54 Å². The van der Waals surface area contributed by atoms with Crippen molar-refractivity contribution in [1.82, 2.24) is 4.90 Å². The van der Waals surface area contributed by atoms with E-state index in [-0.39, 0.29) is 18.0 Å². The summed E-state index contributed by atoms with van der Waals surface area (Å²) in [5, 5.41) is 0. The van der Waals surface area contributed by atoms with Crippen molar-refractivity contribution in [3.63, 3.8) is 0 Å². The van der Waals surface area contributed by atoms with Crippen molar-refractivity contribution in [3.8, 4) is 0 Å². The molecular formula is C10H14N2O2. The van der Waals surface area contributed by atoms with Gasteiger partial charge in [-0.05, 0) is 25.5 Å². The Kier molecular flexibility index (Phi) is 2.29. The molecule has 1 amide bonds. The first-order chi connectivity index (χ1) is 6.70. The van der Waals surface area contributed by atoms with Crippen LogP contribution in [-0.2, 0) is 4.79 Å². The summed E-state index contributed by atoms with van der Waals surface area (Å²) in [6.45, 7) is 2.68. The Labute approximate surface area is 82.7 Å².